The van der Waals surface area contributed by atoms with Gasteiger partial charge in [-0.1, -0.05) is 0 Å². The van der Waals surface area contributed by atoms with Crippen LogP contribution in [0.1, 0.15) is 21.5 Å². The van der Waals surface area contributed by atoms with E-state index in [-0.39, 0.29) is 17.0 Å². The zero-order valence-electron chi connectivity index (χ0n) is 17.0. The Labute approximate surface area is 174 Å². The summed E-state index contributed by atoms with van der Waals surface area (Å²) in [6, 6.07) is 3.43. The fourth-order valence-electron chi connectivity index (χ4n) is 3.92. The van der Waals surface area contributed by atoms with Gasteiger partial charge in [-0.2, -0.15) is 0 Å². The average Bonchev–Trinajstić information content (AvgIpc) is 2.75. The van der Waals surface area contributed by atoms with E-state index in [2.05, 4.69) is 15.2 Å². The molecular formula is C21H25N5O4. The van der Waals surface area contributed by atoms with Gasteiger partial charge in [0.15, 0.2) is 0 Å². The molecule has 0 aromatic carbocycles. The van der Waals surface area contributed by atoms with Gasteiger partial charge in [0.2, 0.25) is 5.91 Å². The van der Waals surface area contributed by atoms with Crippen molar-refractivity contribution in [2.45, 2.75) is 13.0 Å². The summed E-state index contributed by atoms with van der Waals surface area (Å²) in [6.45, 7) is 4.03. The van der Waals surface area contributed by atoms with Gasteiger partial charge in [-0.3, -0.25) is 24.3 Å². The third-order valence-corrected chi connectivity index (χ3v) is 5.53. The number of carbonyl (C=O) groups is 2. The van der Waals surface area contributed by atoms with Gasteiger partial charge in [-0.25, -0.2) is 0 Å². The normalized spacial score (nSPS) is 16.8. The molecule has 0 unspecified atom stereocenters. The van der Waals surface area contributed by atoms with Gasteiger partial charge in [0.1, 0.15) is 5.56 Å². The summed E-state index contributed by atoms with van der Waals surface area (Å²) in [5, 5.41) is 2.75. The Morgan fingerprint density at radius 3 is 2.77 bits per heavy atom. The minimum absolute atomic E-state index is 0.0535. The van der Waals surface area contributed by atoms with Crippen LogP contribution in [0.25, 0.3) is 0 Å². The Kier molecular flexibility index (Phi) is 5.91. The summed E-state index contributed by atoms with van der Waals surface area (Å²) >= 11 is 0. The van der Waals surface area contributed by atoms with Crippen LogP contribution in [-0.4, -0.2) is 70.6 Å². The SMILES string of the molecule is Cn1cc2c(c(C(=O)Nc3cccnc3)c1=O)CCN(C(=O)CN1CCOCC1)C2. The second-order valence-electron chi connectivity index (χ2n) is 7.57. The first-order chi connectivity index (χ1) is 14.5. The summed E-state index contributed by atoms with van der Waals surface area (Å²) < 4.78 is 6.74. The number of nitrogens with one attached hydrogen (secondary N) is 1. The number of carbonyl (C=O) groups excluding carboxylic acids is 2. The second-order valence-corrected chi connectivity index (χ2v) is 7.57. The van der Waals surface area contributed by atoms with Crippen LogP contribution in [0.3, 0.4) is 0 Å². The number of aromatic nitrogens is 2. The molecule has 0 spiro atoms. The summed E-state index contributed by atoms with van der Waals surface area (Å²) in [7, 11) is 1.62. The summed E-state index contributed by atoms with van der Waals surface area (Å²) in [4.78, 5) is 46.3. The molecule has 2 aromatic heterocycles. The maximum Gasteiger partial charge on any atom is 0.263 e. The molecule has 1 fully saturated rings. The first kappa shape index (κ1) is 20.2. The van der Waals surface area contributed by atoms with E-state index in [1.165, 1.54) is 10.8 Å². The van der Waals surface area contributed by atoms with E-state index < -0.39 is 5.91 Å². The van der Waals surface area contributed by atoms with Gasteiger partial charge in [0.25, 0.3) is 11.5 Å². The molecule has 2 amide bonds. The Balaban J connectivity index is 1.54. The van der Waals surface area contributed by atoms with Crippen molar-refractivity contribution in [3.8, 4) is 0 Å². The highest BCUT2D eigenvalue weighted by Gasteiger charge is 2.28. The maximum atomic E-state index is 12.9. The number of ether oxygens (including phenoxy) is 1. The number of fused-ring (bicyclic) bond motifs is 1. The maximum absolute atomic E-state index is 12.9. The highest BCUT2D eigenvalue weighted by atomic mass is 16.5. The molecule has 2 aliphatic rings. The highest BCUT2D eigenvalue weighted by Crippen LogP contribution is 2.22. The first-order valence-electron chi connectivity index (χ1n) is 10.0. The van der Waals surface area contributed by atoms with Crippen LogP contribution in [0.5, 0.6) is 0 Å². The molecule has 2 aromatic rings. The number of hydrogen-bond donors (Lipinski definition) is 1. The zero-order chi connectivity index (χ0) is 21.1. The number of morpholine rings is 1. The van der Waals surface area contributed by atoms with E-state index in [4.69, 9.17) is 4.74 Å². The predicted molar refractivity (Wildman–Crippen MR) is 110 cm³/mol. The van der Waals surface area contributed by atoms with Crippen molar-refractivity contribution >= 4 is 17.5 Å². The smallest absolute Gasteiger partial charge is 0.263 e. The highest BCUT2D eigenvalue weighted by molar-refractivity contribution is 6.05. The summed E-state index contributed by atoms with van der Waals surface area (Å²) in [5.74, 6) is -0.397. The molecule has 4 rings (SSSR count). The minimum Gasteiger partial charge on any atom is -0.379 e. The summed E-state index contributed by atoms with van der Waals surface area (Å²) in [6.07, 6.45) is 5.34. The number of amides is 2. The molecule has 9 nitrogen and oxygen atoms in total. The quantitative estimate of drug-likeness (QED) is 0.775. The Bertz CT molecular complexity index is 998. The Morgan fingerprint density at radius 2 is 2.03 bits per heavy atom. The molecule has 0 atom stereocenters. The van der Waals surface area contributed by atoms with E-state index in [1.807, 2.05) is 0 Å². The molecule has 30 heavy (non-hydrogen) atoms. The lowest BCUT2D eigenvalue weighted by Crippen LogP contribution is -2.46. The van der Waals surface area contributed by atoms with Crippen LogP contribution < -0.4 is 10.9 Å². The van der Waals surface area contributed by atoms with Crippen molar-refractivity contribution in [1.82, 2.24) is 19.4 Å². The number of nitrogens with zero attached hydrogens (tertiary/aromatic N) is 4. The average molecular weight is 411 g/mol. The summed E-state index contributed by atoms with van der Waals surface area (Å²) in [5.41, 5.74) is 1.87. The van der Waals surface area contributed by atoms with E-state index in [9.17, 15) is 14.4 Å². The van der Waals surface area contributed by atoms with Gasteiger partial charge in [-0.15, -0.1) is 0 Å². The molecule has 0 bridgehead atoms. The number of aryl methyl sites for hydroxylation is 1. The van der Waals surface area contributed by atoms with Crippen LogP contribution >= 0.6 is 0 Å². The third kappa shape index (κ3) is 4.27. The van der Waals surface area contributed by atoms with Crippen molar-refractivity contribution in [3.63, 3.8) is 0 Å². The molecule has 158 valence electrons. The van der Waals surface area contributed by atoms with Crippen LogP contribution in [0.2, 0.25) is 0 Å². The standard InChI is InChI=1S/C21H25N5O4/c1-24-12-15-13-26(18(27)14-25-7-9-30-10-8-25)6-4-17(15)19(21(24)29)20(28)23-16-3-2-5-22-11-16/h2-3,5,11-12H,4,6-10,13-14H2,1H3,(H,23,28). The molecule has 0 aliphatic carbocycles. The van der Waals surface area contributed by atoms with Crippen molar-refractivity contribution in [1.29, 1.82) is 0 Å². The largest absolute Gasteiger partial charge is 0.379 e. The number of rotatable bonds is 4. The lowest BCUT2D eigenvalue weighted by atomic mass is 9.96. The van der Waals surface area contributed by atoms with Gasteiger partial charge in [0.05, 0.1) is 31.6 Å². The zero-order valence-corrected chi connectivity index (χ0v) is 17.0. The van der Waals surface area contributed by atoms with Gasteiger partial charge < -0.3 is 19.5 Å². The van der Waals surface area contributed by atoms with Crippen molar-refractivity contribution in [2.24, 2.45) is 7.05 Å². The van der Waals surface area contributed by atoms with Crippen LogP contribution in [-0.2, 0) is 29.5 Å². The number of pyridine rings is 2. The molecule has 0 saturated carbocycles. The molecule has 0 radical (unpaired) electrons. The molecule has 2 aliphatic heterocycles. The molecule has 1 N–H and O–H groups in total. The molecule has 4 heterocycles. The van der Waals surface area contributed by atoms with E-state index in [0.717, 1.165) is 24.2 Å². The first-order valence-corrected chi connectivity index (χ1v) is 10.0. The molecule has 1 saturated heterocycles. The monoisotopic (exact) mass is 411 g/mol. The fraction of sp³-hybridized carbons (Fsp3) is 0.429. The van der Waals surface area contributed by atoms with E-state index in [0.29, 0.717) is 45.0 Å². The van der Waals surface area contributed by atoms with Gasteiger partial charge in [-0.05, 0) is 29.7 Å². The molecular weight excluding hydrogens is 386 g/mol. The number of anilines is 1. The van der Waals surface area contributed by atoms with Crippen LogP contribution in [0, 0.1) is 0 Å². The predicted octanol–water partition coefficient (Wildman–Crippen LogP) is 0.250. The minimum atomic E-state index is -0.450. The van der Waals surface area contributed by atoms with E-state index in [1.54, 1.807) is 36.5 Å². The van der Waals surface area contributed by atoms with Gasteiger partial charge >= 0.3 is 0 Å². The number of hydrogen-bond acceptors (Lipinski definition) is 6. The van der Waals surface area contributed by atoms with E-state index >= 15 is 0 Å². The second kappa shape index (κ2) is 8.76. The molecule has 9 heteroatoms. The van der Waals surface area contributed by atoms with Crippen molar-refractivity contribution in [3.05, 3.63) is 57.8 Å². The third-order valence-electron chi connectivity index (χ3n) is 5.53. The topological polar surface area (TPSA) is 96.8 Å². The lowest BCUT2D eigenvalue weighted by molar-refractivity contribution is -0.134. The van der Waals surface area contributed by atoms with Crippen molar-refractivity contribution in [2.75, 3.05) is 44.7 Å². The van der Waals surface area contributed by atoms with Crippen LogP contribution in [0.4, 0.5) is 5.69 Å². The Hall–Kier alpha value is -3.04. The Morgan fingerprint density at radius 1 is 1.23 bits per heavy atom. The van der Waals surface area contributed by atoms with Crippen LogP contribution in [0.15, 0.2) is 35.5 Å². The van der Waals surface area contributed by atoms with Crippen molar-refractivity contribution < 1.29 is 14.3 Å². The lowest BCUT2D eigenvalue weighted by Gasteiger charge is -2.33. The fourth-order valence-corrected chi connectivity index (χ4v) is 3.92. The van der Waals surface area contributed by atoms with Gasteiger partial charge in [0, 0.05) is 45.6 Å².